The third kappa shape index (κ3) is 5.80. The van der Waals surface area contributed by atoms with E-state index in [1.165, 1.54) is 122 Å². The Bertz CT molecular complexity index is 3710. The zero-order chi connectivity index (χ0) is 46.8. The van der Waals surface area contributed by atoms with Gasteiger partial charge in [-0.15, -0.1) is 0 Å². The van der Waals surface area contributed by atoms with Crippen LogP contribution < -0.4 is 9.80 Å². The normalized spacial score (nSPS) is 14.5. The Balaban J connectivity index is 1.18. The van der Waals surface area contributed by atoms with Crippen molar-refractivity contribution in [3.63, 3.8) is 0 Å². The van der Waals surface area contributed by atoms with E-state index in [-0.39, 0.29) is 10.8 Å². The number of fused-ring (bicyclic) bond motifs is 9. The third-order valence-electron chi connectivity index (χ3n) is 15.9. The van der Waals surface area contributed by atoms with Gasteiger partial charge in [-0.2, -0.15) is 0 Å². The van der Waals surface area contributed by atoms with Crippen molar-refractivity contribution in [3.05, 3.63) is 222 Å². The Labute approximate surface area is 405 Å². The molecule has 0 aliphatic carbocycles. The van der Waals surface area contributed by atoms with Crippen LogP contribution in [0.25, 0.3) is 82.4 Å². The van der Waals surface area contributed by atoms with Crippen molar-refractivity contribution in [3.8, 4) is 39.1 Å². The number of anilines is 4. The van der Waals surface area contributed by atoms with Crippen molar-refractivity contribution in [1.29, 1.82) is 0 Å². The number of nitrogens with zero attached hydrogens (tertiary/aromatic N) is 3. The summed E-state index contributed by atoms with van der Waals surface area (Å²) < 4.78 is 2.50. The molecule has 11 aromatic rings. The van der Waals surface area contributed by atoms with E-state index in [0.29, 0.717) is 0 Å². The summed E-state index contributed by atoms with van der Waals surface area (Å²) in [7, 11) is 0. The fourth-order valence-electron chi connectivity index (χ4n) is 12.8. The van der Waals surface area contributed by atoms with E-state index in [4.69, 9.17) is 0 Å². The summed E-state index contributed by atoms with van der Waals surface area (Å²) in [6, 6.07) is 75.5. The second kappa shape index (κ2) is 15.3. The van der Waals surface area contributed by atoms with Gasteiger partial charge in [0.15, 0.2) is 0 Å². The van der Waals surface area contributed by atoms with E-state index in [1.807, 2.05) is 0 Å². The number of aromatic nitrogens is 1. The molecule has 1 aromatic heterocycles. The Kier molecular flexibility index (Phi) is 9.17. The molecule has 2 aliphatic heterocycles. The first-order valence-corrected chi connectivity index (χ1v) is 24.8. The quantitative estimate of drug-likeness (QED) is 0.154. The summed E-state index contributed by atoms with van der Waals surface area (Å²) in [6.07, 6.45) is 0. The highest BCUT2D eigenvalue weighted by Crippen LogP contribution is 2.56. The Hall–Kier alpha value is -7.88. The first-order valence-electron chi connectivity index (χ1n) is 24.8. The third-order valence-corrected chi connectivity index (χ3v) is 15.9. The van der Waals surface area contributed by atoms with Crippen molar-refractivity contribution in [2.24, 2.45) is 0 Å². The molecule has 0 saturated heterocycles. The fourth-order valence-corrected chi connectivity index (χ4v) is 12.8. The molecular formula is C66H55N3. The molecule has 3 heteroatoms. The van der Waals surface area contributed by atoms with Crippen LogP contribution in [0.1, 0.15) is 63.8 Å². The molecule has 0 amide bonds. The smallest absolute Gasteiger partial charge is 0.0619 e. The van der Waals surface area contributed by atoms with Gasteiger partial charge in [0.05, 0.1) is 22.4 Å². The SMILES string of the molecule is CCN1c2ccccc2C(C)(C)c2cccc(-c3cccc4c(-c5cccc6c7ccccc7n(-c7ccccc7)c56)c5cccc(-c6cccc7c6N(CC)c6ccccc6C7(C)C)c5cc34)c21. The first-order chi connectivity index (χ1) is 33.7. The summed E-state index contributed by atoms with van der Waals surface area (Å²) >= 11 is 0. The Morgan fingerprint density at radius 2 is 0.768 bits per heavy atom. The Morgan fingerprint density at radius 3 is 1.32 bits per heavy atom. The van der Waals surface area contributed by atoms with E-state index in [2.05, 4.69) is 256 Å². The maximum atomic E-state index is 2.56. The van der Waals surface area contributed by atoms with Crippen LogP contribution in [0.2, 0.25) is 0 Å². The van der Waals surface area contributed by atoms with Crippen LogP contribution in [0.3, 0.4) is 0 Å². The predicted molar refractivity (Wildman–Crippen MR) is 295 cm³/mol. The zero-order valence-electron chi connectivity index (χ0n) is 40.3. The van der Waals surface area contributed by atoms with Gasteiger partial charge in [0, 0.05) is 68.4 Å². The lowest BCUT2D eigenvalue weighted by Gasteiger charge is -2.43. The Morgan fingerprint density at radius 1 is 0.348 bits per heavy atom. The molecule has 0 spiro atoms. The van der Waals surface area contributed by atoms with Crippen molar-refractivity contribution >= 4 is 66.1 Å². The lowest BCUT2D eigenvalue weighted by atomic mass is 9.72. The minimum atomic E-state index is -0.187. The van der Waals surface area contributed by atoms with Gasteiger partial charge in [0.1, 0.15) is 0 Å². The highest BCUT2D eigenvalue weighted by Gasteiger charge is 2.39. The monoisotopic (exact) mass is 889 g/mol. The van der Waals surface area contributed by atoms with Gasteiger partial charge in [-0.1, -0.05) is 191 Å². The van der Waals surface area contributed by atoms with Gasteiger partial charge in [-0.25, -0.2) is 0 Å². The van der Waals surface area contributed by atoms with Crippen LogP contribution in [0.5, 0.6) is 0 Å². The van der Waals surface area contributed by atoms with Gasteiger partial charge >= 0.3 is 0 Å². The second-order valence-electron chi connectivity index (χ2n) is 20.1. The molecule has 2 aliphatic rings. The van der Waals surface area contributed by atoms with Gasteiger partial charge in [-0.3, -0.25) is 0 Å². The van der Waals surface area contributed by atoms with Crippen molar-refractivity contribution in [2.45, 2.75) is 52.4 Å². The topological polar surface area (TPSA) is 11.4 Å². The van der Waals surface area contributed by atoms with E-state index in [0.717, 1.165) is 18.8 Å². The molecular weight excluding hydrogens is 835 g/mol. The average Bonchev–Trinajstić information content (AvgIpc) is 3.73. The van der Waals surface area contributed by atoms with Crippen LogP contribution in [0.15, 0.2) is 200 Å². The zero-order valence-corrected chi connectivity index (χ0v) is 40.3. The fraction of sp³-hybridized carbons (Fsp3) is 0.152. The van der Waals surface area contributed by atoms with E-state index in [9.17, 15) is 0 Å². The molecule has 13 rings (SSSR count). The molecule has 3 heterocycles. The van der Waals surface area contributed by atoms with Crippen molar-refractivity contribution in [1.82, 2.24) is 4.57 Å². The van der Waals surface area contributed by atoms with Crippen LogP contribution in [0.4, 0.5) is 22.7 Å². The maximum Gasteiger partial charge on any atom is 0.0619 e. The summed E-state index contributed by atoms with van der Waals surface area (Å²) in [5.74, 6) is 0. The summed E-state index contributed by atoms with van der Waals surface area (Å²) in [5, 5.41) is 7.47. The molecule has 3 nitrogen and oxygen atoms in total. The van der Waals surface area contributed by atoms with E-state index in [1.54, 1.807) is 0 Å². The first kappa shape index (κ1) is 41.3. The van der Waals surface area contributed by atoms with Crippen molar-refractivity contribution < 1.29 is 0 Å². The molecule has 10 aromatic carbocycles. The van der Waals surface area contributed by atoms with Gasteiger partial charge in [0.2, 0.25) is 0 Å². The number of hydrogen-bond acceptors (Lipinski definition) is 2. The largest absolute Gasteiger partial charge is 0.341 e. The molecule has 0 bridgehead atoms. The molecule has 0 atom stereocenters. The molecule has 334 valence electrons. The van der Waals surface area contributed by atoms with Gasteiger partial charge < -0.3 is 14.4 Å². The lowest BCUT2D eigenvalue weighted by Crippen LogP contribution is -2.33. The highest BCUT2D eigenvalue weighted by atomic mass is 15.2. The number of rotatable bonds is 6. The van der Waals surface area contributed by atoms with Gasteiger partial charge in [0.25, 0.3) is 0 Å². The molecule has 0 fully saturated rings. The summed E-state index contributed by atoms with van der Waals surface area (Å²) in [5.41, 5.74) is 21.3. The molecule has 69 heavy (non-hydrogen) atoms. The van der Waals surface area contributed by atoms with Gasteiger partial charge in [-0.05, 0) is 111 Å². The van der Waals surface area contributed by atoms with Crippen LogP contribution in [-0.2, 0) is 10.8 Å². The molecule has 0 saturated carbocycles. The van der Waals surface area contributed by atoms with Crippen molar-refractivity contribution in [2.75, 3.05) is 22.9 Å². The molecule has 0 radical (unpaired) electrons. The standard InChI is InChI=1S/C66H55N3/c1-7-67-59-39-16-13-34-54(59)65(3,4)56-36-21-31-48(63(56)67)43-26-18-28-46-52(43)41-53-44(49-32-22-37-57-64(49)68(8-2)60-40-17-14-35-55(60)66(57,5)6)27-19-29-47(53)61(46)51-33-20-30-50-45-25-12-15-38-58(45)69(62(50)51)42-23-10-9-11-24-42/h9-41H,7-8H2,1-6H3. The maximum absolute atomic E-state index is 2.56. The lowest BCUT2D eigenvalue weighted by molar-refractivity contribution is 0.626. The number of benzene rings is 10. The summed E-state index contributed by atoms with van der Waals surface area (Å²) in [4.78, 5) is 5.12. The highest BCUT2D eigenvalue weighted by molar-refractivity contribution is 6.24. The van der Waals surface area contributed by atoms with Crippen LogP contribution in [0, 0.1) is 0 Å². The molecule has 0 N–H and O–H groups in total. The average molecular weight is 890 g/mol. The van der Waals surface area contributed by atoms with E-state index < -0.39 is 0 Å². The number of para-hydroxylation sites is 7. The van der Waals surface area contributed by atoms with Crippen LogP contribution in [-0.4, -0.2) is 17.7 Å². The number of hydrogen-bond donors (Lipinski definition) is 0. The molecule has 0 unspecified atom stereocenters. The second-order valence-corrected chi connectivity index (χ2v) is 20.1. The summed E-state index contributed by atoms with van der Waals surface area (Å²) in [6.45, 7) is 15.9. The van der Waals surface area contributed by atoms with Crippen LogP contribution >= 0.6 is 0 Å². The minimum Gasteiger partial charge on any atom is -0.341 e. The minimum absolute atomic E-state index is 0.187. The van der Waals surface area contributed by atoms with E-state index >= 15 is 0 Å². The predicted octanol–water partition coefficient (Wildman–Crippen LogP) is 17.7.